The molecule has 0 spiro atoms. The van der Waals surface area contributed by atoms with Crippen LogP contribution in [0.3, 0.4) is 0 Å². The fraction of sp³-hybridized carbons (Fsp3) is 0.783. The first-order valence-corrected chi connectivity index (χ1v) is 11.6. The van der Waals surface area contributed by atoms with Crippen molar-refractivity contribution in [2.45, 2.75) is 73.5 Å². The van der Waals surface area contributed by atoms with E-state index in [1.165, 1.54) is 5.56 Å². The fourth-order valence-corrected chi connectivity index (χ4v) is 3.92. The predicted molar refractivity (Wildman–Crippen MR) is 141 cm³/mol. The molecule has 1 fully saturated rings. The predicted octanol–water partition coefficient (Wildman–Crippen LogP) is 4.09. The molecule has 1 aliphatic rings. The maximum Gasteiger partial charge on any atom is 0.410 e. The highest BCUT2D eigenvalue weighted by Gasteiger charge is 2.27. The average Bonchev–Trinajstić information content (AvgIpc) is 2.94. The lowest BCUT2D eigenvalue weighted by Crippen LogP contribution is -2.47. The second-order valence-corrected chi connectivity index (χ2v) is 9.39. The Morgan fingerprint density at radius 1 is 1.25 bits per heavy atom. The van der Waals surface area contributed by atoms with E-state index in [1.807, 2.05) is 51.2 Å². The van der Waals surface area contributed by atoms with Gasteiger partial charge in [0.15, 0.2) is 5.96 Å². The van der Waals surface area contributed by atoms with Crippen LogP contribution in [0.5, 0.6) is 0 Å². The third-order valence-electron chi connectivity index (χ3n) is 5.81. The Kier molecular flexibility index (Phi) is 11.3. The quantitative estimate of drug-likeness (QED) is 0.321. The summed E-state index contributed by atoms with van der Waals surface area (Å²) in [4.78, 5) is 21.5. The van der Waals surface area contributed by atoms with Crippen LogP contribution in [-0.2, 0) is 18.3 Å². The van der Waals surface area contributed by atoms with Gasteiger partial charge >= 0.3 is 6.09 Å². The number of hydrogen-bond acceptors (Lipinski definition) is 4. The van der Waals surface area contributed by atoms with Gasteiger partial charge in [-0.2, -0.15) is 5.10 Å². The van der Waals surface area contributed by atoms with Crippen LogP contribution in [0.25, 0.3) is 0 Å². The molecule has 0 radical (unpaired) electrons. The van der Waals surface area contributed by atoms with Gasteiger partial charge in [-0.15, -0.1) is 24.0 Å². The lowest BCUT2D eigenvalue weighted by molar-refractivity contribution is 0.0214. The Morgan fingerprint density at radius 3 is 2.34 bits per heavy atom. The number of hydrogen-bond donors (Lipinski definition) is 1. The molecule has 0 atom stereocenters. The number of aliphatic imine (C=N–C) groups is 1. The molecule has 0 aromatic carbocycles. The molecule has 1 aromatic rings. The summed E-state index contributed by atoms with van der Waals surface area (Å²) in [6, 6.07) is 0. The van der Waals surface area contributed by atoms with Gasteiger partial charge in [-0.25, -0.2) is 9.79 Å². The van der Waals surface area contributed by atoms with E-state index in [4.69, 9.17) is 9.73 Å². The van der Waals surface area contributed by atoms with Crippen LogP contribution in [-0.4, -0.2) is 70.0 Å². The number of amides is 1. The first-order chi connectivity index (χ1) is 14.6. The number of carbonyl (C=O) groups excluding carboxylic acids is 1. The number of piperidine rings is 1. The zero-order chi connectivity index (χ0) is 23.2. The van der Waals surface area contributed by atoms with Crippen LogP contribution < -0.4 is 5.32 Å². The van der Waals surface area contributed by atoms with Gasteiger partial charge in [0.1, 0.15) is 5.60 Å². The van der Waals surface area contributed by atoms with Gasteiger partial charge in [-0.3, -0.25) is 4.68 Å². The molecule has 0 saturated carbocycles. The molecule has 2 rings (SSSR count). The molecule has 1 aliphatic heterocycles. The van der Waals surface area contributed by atoms with Crippen molar-refractivity contribution < 1.29 is 9.53 Å². The number of likely N-dealkylation sites (tertiary alicyclic amines) is 1. The number of nitrogens with one attached hydrogen (secondary N) is 1. The van der Waals surface area contributed by atoms with Gasteiger partial charge in [0.05, 0.1) is 12.2 Å². The minimum Gasteiger partial charge on any atom is -0.444 e. The third-order valence-corrected chi connectivity index (χ3v) is 5.81. The van der Waals surface area contributed by atoms with Crippen molar-refractivity contribution in [1.82, 2.24) is 24.9 Å². The summed E-state index contributed by atoms with van der Waals surface area (Å²) < 4.78 is 7.48. The van der Waals surface area contributed by atoms with E-state index in [9.17, 15) is 4.79 Å². The molecular formula is C23H43IN6O2. The van der Waals surface area contributed by atoms with Crippen LogP contribution >= 0.6 is 24.0 Å². The van der Waals surface area contributed by atoms with E-state index in [0.29, 0.717) is 19.0 Å². The molecule has 184 valence electrons. The summed E-state index contributed by atoms with van der Waals surface area (Å²) in [6.07, 6.45) is 1.86. The average molecular weight is 563 g/mol. The van der Waals surface area contributed by atoms with Crippen molar-refractivity contribution >= 4 is 36.0 Å². The molecule has 1 amide bonds. The lowest BCUT2D eigenvalue weighted by Gasteiger charge is -2.36. The number of guanidine groups is 1. The summed E-state index contributed by atoms with van der Waals surface area (Å²) in [5.74, 6) is 1.44. The van der Waals surface area contributed by atoms with Crippen molar-refractivity contribution in [3.05, 3.63) is 17.0 Å². The summed E-state index contributed by atoms with van der Waals surface area (Å²) in [6.45, 7) is 18.7. The van der Waals surface area contributed by atoms with Gasteiger partial charge in [-0.05, 0) is 67.2 Å². The van der Waals surface area contributed by atoms with E-state index in [-0.39, 0.29) is 30.1 Å². The van der Waals surface area contributed by atoms with E-state index in [2.05, 4.69) is 29.2 Å². The monoisotopic (exact) mass is 562 g/mol. The number of aromatic nitrogens is 2. The minimum atomic E-state index is -0.462. The topological polar surface area (TPSA) is 75.0 Å². The lowest BCUT2D eigenvalue weighted by atomic mass is 9.96. The highest BCUT2D eigenvalue weighted by molar-refractivity contribution is 14.0. The zero-order valence-corrected chi connectivity index (χ0v) is 23.5. The first kappa shape index (κ1) is 28.5. The summed E-state index contributed by atoms with van der Waals surface area (Å²) >= 11 is 0. The van der Waals surface area contributed by atoms with E-state index < -0.39 is 5.60 Å². The molecule has 1 aromatic heterocycles. The first-order valence-electron chi connectivity index (χ1n) is 11.6. The Labute approximate surface area is 211 Å². The van der Waals surface area contributed by atoms with Crippen molar-refractivity contribution in [1.29, 1.82) is 0 Å². The summed E-state index contributed by atoms with van der Waals surface area (Å²) in [7, 11) is 1.97. The molecular weight excluding hydrogens is 519 g/mol. The number of ether oxygens (including phenoxy) is 1. The zero-order valence-electron chi connectivity index (χ0n) is 21.2. The Balaban J connectivity index is 0.00000512. The largest absolute Gasteiger partial charge is 0.444 e. The van der Waals surface area contributed by atoms with Crippen molar-refractivity contribution in [2.24, 2.45) is 18.0 Å². The molecule has 9 heteroatoms. The van der Waals surface area contributed by atoms with Gasteiger partial charge in [0.2, 0.25) is 0 Å². The van der Waals surface area contributed by atoms with Crippen LogP contribution in [0, 0.1) is 19.8 Å². The van der Waals surface area contributed by atoms with Crippen molar-refractivity contribution in [3.8, 4) is 0 Å². The molecule has 2 heterocycles. The number of rotatable bonds is 6. The maximum absolute atomic E-state index is 12.5. The minimum absolute atomic E-state index is 0. The normalized spacial score (nSPS) is 15.4. The third kappa shape index (κ3) is 8.12. The number of nitrogens with zero attached hydrogens (tertiary/aromatic N) is 5. The second-order valence-electron chi connectivity index (χ2n) is 9.39. The van der Waals surface area contributed by atoms with Crippen LogP contribution in [0.2, 0.25) is 0 Å². The Bertz CT molecular complexity index is 763. The number of carbonyl (C=O) groups is 1. The summed E-state index contributed by atoms with van der Waals surface area (Å²) in [5, 5.41) is 7.94. The molecule has 32 heavy (non-hydrogen) atoms. The van der Waals surface area contributed by atoms with E-state index in [1.54, 1.807) is 0 Å². The van der Waals surface area contributed by atoms with E-state index >= 15 is 0 Å². The van der Waals surface area contributed by atoms with Crippen LogP contribution in [0.4, 0.5) is 4.79 Å². The molecule has 0 bridgehead atoms. The molecule has 1 saturated heterocycles. The SMILES string of the molecule is CCNC(=NCc1c(C)nn(C)c1C)N1CCC(CN(CC)C(=O)OC(C)(C)C)CC1.I. The highest BCUT2D eigenvalue weighted by atomic mass is 127. The van der Waals surface area contributed by atoms with Gasteiger partial charge in [0, 0.05) is 51.0 Å². The standard InChI is InChI=1S/C23H42N6O2.HI/c1-9-24-21(25-15-20-17(3)26-27(8)18(20)4)29-13-11-19(12-14-29)16-28(10-2)22(30)31-23(5,6)7;/h19H,9-16H2,1-8H3,(H,24,25);1H. The number of halogens is 1. The van der Waals surface area contributed by atoms with Gasteiger partial charge < -0.3 is 19.9 Å². The van der Waals surface area contributed by atoms with Gasteiger partial charge in [-0.1, -0.05) is 0 Å². The molecule has 0 aliphatic carbocycles. The maximum atomic E-state index is 12.5. The fourth-order valence-electron chi connectivity index (χ4n) is 3.92. The highest BCUT2D eigenvalue weighted by Crippen LogP contribution is 2.21. The van der Waals surface area contributed by atoms with Crippen molar-refractivity contribution in [2.75, 3.05) is 32.7 Å². The molecule has 1 N–H and O–H groups in total. The molecule has 0 unspecified atom stereocenters. The van der Waals surface area contributed by atoms with Crippen LogP contribution in [0.15, 0.2) is 4.99 Å². The van der Waals surface area contributed by atoms with Crippen LogP contribution in [0.1, 0.15) is 64.4 Å². The van der Waals surface area contributed by atoms with Gasteiger partial charge in [0.25, 0.3) is 0 Å². The molecule has 8 nitrogen and oxygen atoms in total. The Hall–Kier alpha value is -1.52. The van der Waals surface area contributed by atoms with E-state index in [0.717, 1.165) is 56.4 Å². The smallest absolute Gasteiger partial charge is 0.410 e. The Morgan fingerprint density at radius 2 is 1.88 bits per heavy atom. The number of aryl methyl sites for hydroxylation is 2. The van der Waals surface area contributed by atoms with Crippen molar-refractivity contribution in [3.63, 3.8) is 0 Å². The second kappa shape index (κ2) is 12.6. The summed E-state index contributed by atoms with van der Waals surface area (Å²) in [5.41, 5.74) is 2.94.